The zero-order valence-electron chi connectivity index (χ0n) is 18.6. The van der Waals surface area contributed by atoms with Gasteiger partial charge in [0, 0.05) is 43.9 Å². The Morgan fingerprint density at radius 2 is 2.03 bits per heavy atom. The largest absolute Gasteiger partial charge is 0.451 e. The highest BCUT2D eigenvalue weighted by atomic mass is 32.2. The van der Waals surface area contributed by atoms with Crippen molar-refractivity contribution in [2.75, 3.05) is 39.3 Å². The molecule has 0 saturated carbocycles. The number of amidine groups is 1. The molecule has 4 aliphatic heterocycles. The summed E-state index contributed by atoms with van der Waals surface area (Å²) in [6, 6.07) is 4.81. The van der Waals surface area contributed by atoms with Crippen LogP contribution < -0.4 is 10.2 Å². The molecule has 10 heteroatoms. The standard InChI is InChI=1S/C23H30FN5O2S2/c24-17-6-5-16(13-20-21(32)26-22(33-20)29-11-2-1-8-25-29)19(14-17)31-23(30)28-12-7-18(15-28)27-9-3-4-10-27/h5-6,13-14,18,23,25,30H,1-4,7-12,15H2/b20-13-/t18-,23?/m1/s1. The van der Waals surface area contributed by atoms with E-state index < -0.39 is 12.2 Å². The summed E-state index contributed by atoms with van der Waals surface area (Å²) in [5.41, 5.74) is 4.01. The van der Waals surface area contributed by atoms with Crippen molar-refractivity contribution in [1.82, 2.24) is 20.2 Å². The number of hydrazine groups is 1. The Kier molecular flexibility index (Phi) is 7.29. The fourth-order valence-corrected chi connectivity index (χ4v) is 6.04. The number of rotatable bonds is 5. The van der Waals surface area contributed by atoms with Gasteiger partial charge < -0.3 is 9.84 Å². The summed E-state index contributed by atoms with van der Waals surface area (Å²) < 4.78 is 19.9. The third-order valence-corrected chi connectivity index (χ3v) is 8.08. The molecule has 0 amide bonds. The first-order valence-electron chi connectivity index (χ1n) is 11.7. The molecule has 1 aromatic carbocycles. The first kappa shape index (κ1) is 23.2. The van der Waals surface area contributed by atoms with Crippen LogP contribution in [0.15, 0.2) is 28.1 Å². The summed E-state index contributed by atoms with van der Waals surface area (Å²) in [7, 11) is 0. The lowest BCUT2D eigenvalue weighted by molar-refractivity contribution is -0.128. The number of aliphatic imine (C=N–C) groups is 1. The number of likely N-dealkylation sites (tertiary alicyclic amines) is 2. The van der Waals surface area contributed by atoms with Gasteiger partial charge in [0.2, 0.25) is 0 Å². The van der Waals surface area contributed by atoms with Crippen molar-refractivity contribution < 1.29 is 14.2 Å². The van der Waals surface area contributed by atoms with E-state index >= 15 is 0 Å². The van der Waals surface area contributed by atoms with Crippen molar-refractivity contribution in [3.8, 4) is 5.75 Å². The summed E-state index contributed by atoms with van der Waals surface area (Å²) in [6.07, 6.45) is 6.51. The zero-order valence-corrected chi connectivity index (χ0v) is 20.2. The molecule has 33 heavy (non-hydrogen) atoms. The molecule has 4 heterocycles. The van der Waals surface area contributed by atoms with Gasteiger partial charge in [-0.25, -0.2) is 19.7 Å². The fourth-order valence-electron chi connectivity index (χ4n) is 4.80. The Morgan fingerprint density at radius 3 is 2.82 bits per heavy atom. The molecule has 2 N–H and O–H groups in total. The number of hydrogen-bond donors (Lipinski definition) is 2. The van der Waals surface area contributed by atoms with Crippen LogP contribution in [0.1, 0.15) is 37.7 Å². The molecule has 2 atom stereocenters. The third-order valence-electron chi connectivity index (χ3n) is 6.61. The van der Waals surface area contributed by atoms with E-state index in [0.29, 0.717) is 22.3 Å². The second-order valence-corrected chi connectivity index (χ2v) is 10.3. The van der Waals surface area contributed by atoms with E-state index in [0.717, 1.165) is 68.6 Å². The molecule has 3 saturated heterocycles. The lowest BCUT2D eigenvalue weighted by Gasteiger charge is -2.28. The molecule has 178 valence electrons. The zero-order chi connectivity index (χ0) is 22.8. The van der Waals surface area contributed by atoms with Crippen LogP contribution in [0.2, 0.25) is 0 Å². The maximum atomic E-state index is 14.1. The van der Waals surface area contributed by atoms with Crippen LogP contribution in [-0.2, 0) is 0 Å². The molecule has 0 radical (unpaired) electrons. The minimum Gasteiger partial charge on any atom is -0.451 e. The van der Waals surface area contributed by atoms with Crippen molar-refractivity contribution in [2.45, 2.75) is 44.6 Å². The van der Waals surface area contributed by atoms with Gasteiger partial charge in [0.05, 0.1) is 4.91 Å². The van der Waals surface area contributed by atoms with Crippen molar-refractivity contribution in [1.29, 1.82) is 0 Å². The van der Waals surface area contributed by atoms with E-state index in [1.165, 1.54) is 36.7 Å². The third kappa shape index (κ3) is 5.41. The average molecular weight is 492 g/mol. The number of ether oxygens (including phenoxy) is 1. The number of thioether (sulfide) groups is 1. The molecule has 5 rings (SSSR count). The van der Waals surface area contributed by atoms with E-state index in [9.17, 15) is 9.50 Å². The summed E-state index contributed by atoms with van der Waals surface area (Å²) >= 11 is 6.98. The maximum absolute atomic E-state index is 14.1. The molecule has 0 aromatic heterocycles. The van der Waals surface area contributed by atoms with Gasteiger partial charge in [0.15, 0.2) is 5.17 Å². The second-order valence-electron chi connectivity index (χ2n) is 8.88. The molecule has 1 aromatic rings. The van der Waals surface area contributed by atoms with Gasteiger partial charge in [0.1, 0.15) is 16.6 Å². The summed E-state index contributed by atoms with van der Waals surface area (Å²) in [5.74, 6) is -0.112. The normalized spacial score (nSPS) is 26.9. The lowest BCUT2D eigenvalue weighted by atomic mass is 10.2. The van der Waals surface area contributed by atoms with Crippen LogP contribution in [0.5, 0.6) is 5.75 Å². The Hall–Kier alpha value is -1.56. The van der Waals surface area contributed by atoms with Gasteiger partial charge in [-0.3, -0.25) is 9.91 Å². The number of hydrogen-bond acceptors (Lipinski definition) is 8. The Morgan fingerprint density at radius 1 is 1.21 bits per heavy atom. The minimum absolute atomic E-state index is 0.299. The summed E-state index contributed by atoms with van der Waals surface area (Å²) in [6.45, 7) is 5.60. The fraction of sp³-hybridized carbons (Fsp3) is 0.565. The van der Waals surface area contributed by atoms with Crippen molar-refractivity contribution in [3.63, 3.8) is 0 Å². The van der Waals surface area contributed by atoms with Crippen molar-refractivity contribution in [2.24, 2.45) is 4.99 Å². The van der Waals surface area contributed by atoms with Gasteiger partial charge in [-0.05, 0) is 75.2 Å². The molecular weight excluding hydrogens is 461 g/mol. The predicted octanol–water partition coefficient (Wildman–Crippen LogP) is 3.02. The van der Waals surface area contributed by atoms with Crippen LogP contribution in [0.25, 0.3) is 6.08 Å². The lowest BCUT2D eigenvalue weighted by Crippen LogP contribution is -2.45. The molecule has 4 aliphatic rings. The van der Waals surface area contributed by atoms with Crippen molar-refractivity contribution in [3.05, 3.63) is 34.5 Å². The molecular formula is C23H30FN5O2S2. The SMILES string of the molecule is OC(Oc1cc(F)ccc1/C=C1\SC(N2CCCCN2)=NC1=S)N1CC[C@@H](N2CCCC2)C1. The first-order chi connectivity index (χ1) is 16.1. The quantitative estimate of drug-likeness (QED) is 0.370. The molecule has 7 nitrogen and oxygen atoms in total. The molecule has 0 spiro atoms. The number of nitrogens with zero attached hydrogens (tertiary/aromatic N) is 4. The molecule has 0 bridgehead atoms. The molecule has 3 fully saturated rings. The Labute approximate surface area is 203 Å². The first-order valence-corrected chi connectivity index (χ1v) is 13.0. The van der Waals surface area contributed by atoms with E-state index in [4.69, 9.17) is 17.0 Å². The summed E-state index contributed by atoms with van der Waals surface area (Å²) in [5, 5.41) is 13.6. The van der Waals surface area contributed by atoms with Crippen LogP contribution in [0, 0.1) is 5.82 Å². The number of aliphatic hydroxyl groups is 1. The monoisotopic (exact) mass is 491 g/mol. The Bertz CT molecular complexity index is 947. The second kappa shape index (κ2) is 10.4. The van der Waals surface area contributed by atoms with Crippen LogP contribution in [0.4, 0.5) is 4.39 Å². The number of thiocarbonyl (C=S) groups is 1. The van der Waals surface area contributed by atoms with E-state index in [-0.39, 0.29) is 0 Å². The number of benzene rings is 1. The highest BCUT2D eigenvalue weighted by Crippen LogP contribution is 2.34. The average Bonchev–Trinajstić information content (AvgIpc) is 3.57. The van der Waals surface area contributed by atoms with Gasteiger partial charge >= 0.3 is 0 Å². The van der Waals surface area contributed by atoms with Gasteiger partial charge in [-0.2, -0.15) is 0 Å². The Balaban J connectivity index is 1.27. The van der Waals surface area contributed by atoms with Crippen molar-refractivity contribution >= 4 is 40.2 Å². The van der Waals surface area contributed by atoms with Crippen LogP contribution in [0.3, 0.4) is 0 Å². The topological polar surface area (TPSA) is 63.6 Å². The number of halogens is 1. The highest BCUT2D eigenvalue weighted by Gasteiger charge is 2.33. The number of aliphatic hydroxyl groups excluding tert-OH is 1. The van der Waals surface area contributed by atoms with E-state index in [1.54, 1.807) is 6.07 Å². The smallest absolute Gasteiger partial charge is 0.259 e. The minimum atomic E-state index is -1.12. The molecule has 0 aliphatic carbocycles. The van der Waals surface area contributed by atoms with Crippen LogP contribution in [-0.4, -0.2) is 81.8 Å². The van der Waals surface area contributed by atoms with Gasteiger partial charge in [-0.15, -0.1) is 0 Å². The van der Waals surface area contributed by atoms with E-state index in [2.05, 4.69) is 15.3 Å². The van der Waals surface area contributed by atoms with E-state index in [1.807, 2.05) is 16.0 Å². The van der Waals surface area contributed by atoms with Gasteiger partial charge in [-0.1, -0.05) is 12.2 Å². The summed E-state index contributed by atoms with van der Waals surface area (Å²) in [4.78, 5) is 10.3. The predicted molar refractivity (Wildman–Crippen MR) is 133 cm³/mol. The maximum Gasteiger partial charge on any atom is 0.259 e. The van der Waals surface area contributed by atoms with Gasteiger partial charge in [0.25, 0.3) is 6.41 Å². The molecule has 1 unspecified atom stereocenters. The number of nitrogens with one attached hydrogen (secondary N) is 1. The van der Waals surface area contributed by atoms with Crippen LogP contribution >= 0.6 is 24.0 Å². The highest BCUT2D eigenvalue weighted by molar-refractivity contribution is 8.19.